The van der Waals surface area contributed by atoms with Gasteiger partial charge in [0.25, 0.3) is 5.88 Å². The quantitative estimate of drug-likeness (QED) is 0.600. The van der Waals surface area contributed by atoms with E-state index in [-0.39, 0.29) is 11.6 Å². The van der Waals surface area contributed by atoms with Crippen molar-refractivity contribution in [3.8, 4) is 11.6 Å². The second kappa shape index (κ2) is 4.61. The molecule has 1 aromatic heterocycles. The van der Waals surface area contributed by atoms with Gasteiger partial charge in [-0.2, -0.15) is 0 Å². The van der Waals surface area contributed by atoms with E-state index in [2.05, 4.69) is 4.98 Å². The summed E-state index contributed by atoms with van der Waals surface area (Å²) in [5.74, 6) is 0.537. The Balaban J connectivity index is 2.37. The van der Waals surface area contributed by atoms with Crippen molar-refractivity contribution in [2.45, 2.75) is 6.92 Å². The SMILES string of the molecule is Cc1ccc([N+](=O)[O-])c(Oc2ccccc2)n1. The Hall–Kier alpha value is -2.43. The number of hydrogen-bond donors (Lipinski definition) is 0. The molecule has 1 heterocycles. The summed E-state index contributed by atoms with van der Waals surface area (Å²) in [5.41, 5.74) is 0.529. The maximum atomic E-state index is 10.8. The Morgan fingerprint density at radius 3 is 2.53 bits per heavy atom. The molecular formula is C12H10N2O3. The third-order valence-corrected chi connectivity index (χ3v) is 2.13. The van der Waals surface area contributed by atoms with Crippen molar-refractivity contribution in [3.05, 3.63) is 58.3 Å². The van der Waals surface area contributed by atoms with E-state index in [1.165, 1.54) is 6.07 Å². The van der Waals surface area contributed by atoms with Crippen LogP contribution < -0.4 is 4.74 Å². The first-order chi connectivity index (χ1) is 8.16. The monoisotopic (exact) mass is 230 g/mol. The molecule has 5 heteroatoms. The lowest BCUT2D eigenvalue weighted by Gasteiger charge is -2.05. The lowest BCUT2D eigenvalue weighted by atomic mass is 10.3. The zero-order valence-corrected chi connectivity index (χ0v) is 9.16. The van der Waals surface area contributed by atoms with Crippen LogP contribution in [0.15, 0.2) is 42.5 Å². The first-order valence-corrected chi connectivity index (χ1v) is 5.02. The van der Waals surface area contributed by atoms with Crippen LogP contribution in [0.5, 0.6) is 11.6 Å². The van der Waals surface area contributed by atoms with Crippen LogP contribution in [-0.4, -0.2) is 9.91 Å². The van der Waals surface area contributed by atoms with Gasteiger partial charge in [-0.3, -0.25) is 10.1 Å². The van der Waals surface area contributed by atoms with Gasteiger partial charge in [-0.05, 0) is 25.1 Å². The third kappa shape index (κ3) is 2.57. The molecule has 0 aliphatic carbocycles. The van der Waals surface area contributed by atoms with Crippen LogP contribution in [0.3, 0.4) is 0 Å². The smallest absolute Gasteiger partial charge is 0.331 e. The average molecular weight is 230 g/mol. The Morgan fingerprint density at radius 1 is 1.18 bits per heavy atom. The summed E-state index contributed by atoms with van der Waals surface area (Å²) in [7, 11) is 0. The summed E-state index contributed by atoms with van der Waals surface area (Å²) in [6, 6.07) is 11.8. The topological polar surface area (TPSA) is 65.3 Å². The largest absolute Gasteiger partial charge is 0.434 e. The maximum absolute atomic E-state index is 10.8. The highest BCUT2D eigenvalue weighted by atomic mass is 16.6. The van der Waals surface area contributed by atoms with Crippen molar-refractivity contribution < 1.29 is 9.66 Å². The number of para-hydroxylation sites is 1. The van der Waals surface area contributed by atoms with Gasteiger partial charge in [0.2, 0.25) is 0 Å². The van der Waals surface area contributed by atoms with E-state index >= 15 is 0 Å². The number of aromatic nitrogens is 1. The van der Waals surface area contributed by atoms with Gasteiger partial charge in [-0.1, -0.05) is 18.2 Å². The molecule has 0 saturated carbocycles. The fourth-order valence-corrected chi connectivity index (χ4v) is 1.34. The molecule has 0 fully saturated rings. The van der Waals surface area contributed by atoms with Crippen LogP contribution in [0.1, 0.15) is 5.69 Å². The third-order valence-electron chi connectivity index (χ3n) is 2.13. The number of nitrogens with zero attached hydrogens (tertiary/aromatic N) is 2. The highest BCUT2D eigenvalue weighted by molar-refractivity contribution is 5.43. The molecule has 5 nitrogen and oxygen atoms in total. The van der Waals surface area contributed by atoms with E-state index in [1.54, 1.807) is 37.3 Å². The fraction of sp³-hybridized carbons (Fsp3) is 0.0833. The molecule has 0 bridgehead atoms. The number of hydrogen-bond acceptors (Lipinski definition) is 4. The van der Waals surface area contributed by atoms with Crippen molar-refractivity contribution >= 4 is 5.69 Å². The molecule has 0 spiro atoms. The summed E-state index contributed by atoms with van der Waals surface area (Å²) in [6.07, 6.45) is 0. The van der Waals surface area contributed by atoms with Gasteiger partial charge < -0.3 is 4.74 Å². The molecule has 0 amide bonds. The molecule has 0 N–H and O–H groups in total. The standard InChI is InChI=1S/C12H10N2O3/c1-9-7-8-11(14(15)16)12(13-9)17-10-5-3-2-4-6-10/h2-8H,1H3. The van der Waals surface area contributed by atoms with Gasteiger partial charge in [0.05, 0.1) is 4.92 Å². The van der Waals surface area contributed by atoms with Crippen LogP contribution in [0.4, 0.5) is 5.69 Å². The van der Waals surface area contributed by atoms with Gasteiger partial charge in [-0.15, -0.1) is 0 Å². The second-order valence-corrected chi connectivity index (χ2v) is 3.45. The van der Waals surface area contributed by atoms with Gasteiger partial charge in [0.1, 0.15) is 5.75 Å². The van der Waals surface area contributed by atoms with Crippen LogP contribution in [0, 0.1) is 17.0 Å². The molecule has 0 saturated heterocycles. The van der Waals surface area contributed by atoms with Gasteiger partial charge in [-0.25, -0.2) is 4.98 Å². The van der Waals surface area contributed by atoms with E-state index in [1.807, 2.05) is 6.07 Å². The Kier molecular flexibility index (Phi) is 3.00. The molecule has 1 aromatic carbocycles. The number of ether oxygens (including phenoxy) is 1. The fourth-order valence-electron chi connectivity index (χ4n) is 1.34. The molecule has 0 radical (unpaired) electrons. The number of nitro groups is 1. The minimum atomic E-state index is -0.509. The molecule has 17 heavy (non-hydrogen) atoms. The minimum absolute atomic E-state index is 0.0150. The zero-order chi connectivity index (χ0) is 12.3. The minimum Gasteiger partial charge on any atom is -0.434 e. The molecule has 0 unspecified atom stereocenters. The molecule has 86 valence electrons. The van der Waals surface area contributed by atoms with Crippen LogP contribution in [-0.2, 0) is 0 Å². The summed E-state index contributed by atoms with van der Waals surface area (Å²) in [5, 5.41) is 10.8. The van der Waals surface area contributed by atoms with Crippen LogP contribution in [0.2, 0.25) is 0 Å². The van der Waals surface area contributed by atoms with Gasteiger partial charge in [0, 0.05) is 11.8 Å². The predicted octanol–water partition coefficient (Wildman–Crippen LogP) is 3.09. The highest BCUT2D eigenvalue weighted by Gasteiger charge is 2.17. The van der Waals surface area contributed by atoms with E-state index < -0.39 is 4.92 Å². The maximum Gasteiger partial charge on any atom is 0.331 e. The van der Waals surface area contributed by atoms with E-state index in [9.17, 15) is 10.1 Å². The molecule has 0 aliphatic rings. The van der Waals surface area contributed by atoms with Crippen molar-refractivity contribution in [2.24, 2.45) is 0 Å². The molecule has 2 aromatic rings. The number of pyridine rings is 1. The van der Waals surface area contributed by atoms with E-state index in [0.717, 1.165) is 0 Å². The lowest BCUT2D eigenvalue weighted by molar-refractivity contribution is -0.386. The predicted molar refractivity (Wildman–Crippen MR) is 62.1 cm³/mol. The number of benzene rings is 1. The van der Waals surface area contributed by atoms with Crippen LogP contribution >= 0.6 is 0 Å². The summed E-state index contributed by atoms with van der Waals surface area (Å²) in [4.78, 5) is 14.3. The first-order valence-electron chi connectivity index (χ1n) is 5.02. The van der Waals surface area contributed by atoms with Gasteiger partial charge in [0.15, 0.2) is 0 Å². The second-order valence-electron chi connectivity index (χ2n) is 3.45. The summed E-state index contributed by atoms with van der Waals surface area (Å²) < 4.78 is 5.40. The Bertz CT molecular complexity index is 541. The van der Waals surface area contributed by atoms with Crippen LogP contribution in [0.25, 0.3) is 0 Å². The van der Waals surface area contributed by atoms with Crippen molar-refractivity contribution in [1.82, 2.24) is 4.98 Å². The molecule has 2 rings (SSSR count). The molecule has 0 aliphatic heterocycles. The van der Waals surface area contributed by atoms with Crippen molar-refractivity contribution in [2.75, 3.05) is 0 Å². The first kappa shape index (κ1) is 11.1. The highest BCUT2D eigenvalue weighted by Crippen LogP contribution is 2.28. The van der Waals surface area contributed by atoms with E-state index in [4.69, 9.17) is 4.74 Å². The normalized spacial score (nSPS) is 9.94. The lowest BCUT2D eigenvalue weighted by Crippen LogP contribution is -1.97. The van der Waals surface area contributed by atoms with Gasteiger partial charge >= 0.3 is 5.69 Å². The average Bonchev–Trinajstić information content (AvgIpc) is 2.30. The zero-order valence-electron chi connectivity index (χ0n) is 9.16. The summed E-state index contributed by atoms with van der Waals surface area (Å²) >= 11 is 0. The molecular weight excluding hydrogens is 220 g/mol. The van der Waals surface area contributed by atoms with E-state index in [0.29, 0.717) is 11.4 Å². The Morgan fingerprint density at radius 2 is 1.88 bits per heavy atom. The molecule has 0 atom stereocenters. The Labute approximate surface area is 97.8 Å². The van der Waals surface area contributed by atoms with Crippen molar-refractivity contribution in [1.29, 1.82) is 0 Å². The number of rotatable bonds is 3. The summed E-state index contributed by atoms with van der Waals surface area (Å²) in [6.45, 7) is 1.75. The number of aryl methyl sites for hydroxylation is 1. The van der Waals surface area contributed by atoms with Crippen molar-refractivity contribution in [3.63, 3.8) is 0 Å².